The van der Waals surface area contributed by atoms with E-state index in [0.717, 1.165) is 12.1 Å². The summed E-state index contributed by atoms with van der Waals surface area (Å²) < 4.78 is 42.7. The average Bonchev–Trinajstić information content (AvgIpc) is 2.33. The number of hydrogen-bond acceptors (Lipinski definition) is 2. The van der Waals surface area contributed by atoms with Crippen LogP contribution in [-0.2, 0) is 22.1 Å². The van der Waals surface area contributed by atoms with Crippen molar-refractivity contribution in [1.82, 2.24) is 5.32 Å². The molecule has 110 valence electrons. The van der Waals surface area contributed by atoms with Gasteiger partial charge in [-0.05, 0) is 11.6 Å². The molecule has 1 N–H and O–H groups in total. The van der Waals surface area contributed by atoms with Crippen molar-refractivity contribution in [2.45, 2.75) is 19.5 Å². The maximum absolute atomic E-state index is 12.5. The molecule has 0 saturated carbocycles. The smallest absolute Gasteiger partial charge is 0.380 e. The van der Waals surface area contributed by atoms with Crippen LogP contribution in [0.3, 0.4) is 0 Å². The van der Waals surface area contributed by atoms with Gasteiger partial charge in [0.1, 0.15) is 0 Å². The molecule has 0 radical (unpaired) electrons. The van der Waals surface area contributed by atoms with Crippen molar-refractivity contribution in [1.29, 1.82) is 0 Å². The highest BCUT2D eigenvalue weighted by Gasteiger charge is 2.33. The maximum atomic E-state index is 12.5. The summed E-state index contributed by atoms with van der Waals surface area (Å²) in [6.07, 6.45) is -4.44. The summed E-state index contributed by atoms with van der Waals surface area (Å²) in [6.45, 7) is 3.65. The zero-order valence-corrected chi connectivity index (χ0v) is 11.1. The molecule has 1 saturated heterocycles. The van der Waals surface area contributed by atoms with Crippen molar-refractivity contribution in [3.05, 3.63) is 35.4 Å². The predicted molar refractivity (Wildman–Crippen MR) is 67.1 cm³/mol. The SMILES string of the molecule is CC1(CNC(=O)Cc2cccc(C(F)(F)F)c2)COC1. The summed E-state index contributed by atoms with van der Waals surface area (Å²) in [4.78, 5) is 11.7. The molecule has 0 spiro atoms. The number of halogens is 3. The lowest BCUT2D eigenvalue weighted by molar-refractivity contribution is -0.137. The Balaban J connectivity index is 1.91. The second-order valence-corrected chi connectivity index (χ2v) is 5.46. The molecule has 0 aliphatic carbocycles. The largest absolute Gasteiger partial charge is 0.416 e. The van der Waals surface area contributed by atoms with E-state index in [1.165, 1.54) is 12.1 Å². The van der Waals surface area contributed by atoms with Crippen LogP contribution in [0.1, 0.15) is 18.1 Å². The van der Waals surface area contributed by atoms with Gasteiger partial charge in [-0.25, -0.2) is 0 Å². The first-order valence-corrected chi connectivity index (χ1v) is 6.29. The van der Waals surface area contributed by atoms with Crippen LogP contribution in [0.15, 0.2) is 24.3 Å². The van der Waals surface area contributed by atoms with Crippen molar-refractivity contribution in [2.24, 2.45) is 5.41 Å². The monoisotopic (exact) mass is 287 g/mol. The number of hydrogen-bond donors (Lipinski definition) is 1. The highest BCUT2D eigenvalue weighted by molar-refractivity contribution is 5.78. The molecule has 1 aliphatic heterocycles. The summed E-state index contributed by atoms with van der Waals surface area (Å²) in [5.41, 5.74) is -0.432. The van der Waals surface area contributed by atoms with Gasteiger partial charge in [-0.15, -0.1) is 0 Å². The molecule has 0 bridgehead atoms. The summed E-state index contributed by atoms with van der Waals surface area (Å²) in [5.74, 6) is -0.280. The molecule has 1 heterocycles. The van der Waals surface area contributed by atoms with Crippen LogP contribution in [-0.4, -0.2) is 25.7 Å². The molecule has 0 unspecified atom stereocenters. The van der Waals surface area contributed by atoms with Gasteiger partial charge in [0.25, 0.3) is 0 Å². The van der Waals surface area contributed by atoms with Crippen molar-refractivity contribution >= 4 is 5.91 Å². The van der Waals surface area contributed by atoms with Gasteiger partial charge >= 0.3 is 6.18 Å². The first-order valence-electron chi connectivity index (χ1n) is 6.29. The van der Waals surface area contributed by atoms with Gasteiger partial charge in [-0.3, -0.25) is 4.79 Å². The Kier molecular flexibility index (Phi) is 4.04. The molecular weight excluding hydrogens is 271 g/mol. The summed E-state index contributed by atoms with van der Waals surface area (Å²) >= 11 is 0. The second kappa shape index (κ2) is 5.44. The van der Waals surface area contributed by atoms with Crippen LogP contribution in [0, 0.1) is 5.41 Å². The zero-order valence-electron chi connectivity index (χ0n) is 11.1. The van der Waals surface area contributed by atoms with E-state index in [4.69, 9.17) is 4.74 Å². The minimum Gasteiger partial charge on any atom is -0.380 e. The van der Waals surface area contributed by atoms with Gasteiger partial charge in [0.05, 0.1) is 25.2 Å². The lowest BCUT2D eigenvalue weighted by Crippen LogP contribution is -2.48. The molecule has 1 fully saturated rings. The van der Waals surface area contributed by atoms with Gasteiger partial charge in [-0.1, -0.05) is 25.1 Å². The number of alkyl halides is 3. The Labute approximate surface area is 115 Å². The molecule has 1 aromatic rings. The third kappa shape index (κ3) is 3.72. The number of carbonyl (C=O) groups is 1. The standard InChI is InChI=1S/C14H16F3NO2/c1-13(8-20-9-13)7-18-12(19)6-10-3-2-4-11(5-10)14(15,16)17/h2-5H,6-9H2,1H3,(H,18,19). The van der Waals surface area contributed by atoms with E-state index in [0.29, 0.717) is 25.3 Å². The normalized spacial score (nSPS) is 17.4. The second-order valence-electron chi connectivity index (χ2n) is 5.46. The van der Waals surface area contributed by atoms with E-state index < -0.39 is 11.7 Å². The van der Waals surface area contributed by atoms with Gasteiger partial charge in [0, 0.05) is 12.0 Å². The minimum atomic E-state index is -4.39. The molecular formula is C14H16F3NO2. The van der Waals surface area contributed by atoms with E-state index >= 15 is 0 Å². The topological polar surface area (TPSA) is 38.3 Å². The summed E-state index contributed by atoms with van der Waals surface area (Å²) in [7, 11) is 0. The summed E-state index contributed by atoms with van der Waals surface area (Å²) in [6, 6.07) is 4.83. The predicted octanol–water partition coefficient (Wildman–Crippen LogP) is 2.40. The van der Waals surface area contributed by atoms with E-state index in [-0.39, 0.29) is 17.7 Å². The lowest BCUT2D eigenvalue weighted by atomic mass is 9.89. The van der Waals surface area contributed by atoms with Gasteiger partial charge in [0.2, 0.25) is 5.91 Å². The Bertz CT molecular complexity index is 495. The number of benzene rings is 1. The molecule has 0 aromatic heterocycles. The van der Waals surface area contributed by atoms with Crippen LogP contribution in [0.25, 0.3) is 0 Å². The fourth-order valence-corrected chi connectivity index (χ4v) is 1.97. The minimum absolute atomic E-state index is 0.0521. The molecule has 6 heteroatoms. The number of rotatable bonds is 4. The molecule has 0 atom stereocenters. The van der Waals surface area contributed by atoms with E-state index in [1.54, 1.807) is 0 Å². The summed E-state index contributed by atoms with van der Waals surface area (Å²) in [5, 5.41) is 2.73. The van der Waals surface area contributed by atoms with Crippen LogP contribution >= 0.6 is 0 Å². The Morgan fingerprint density at radius 1 is 1.40 bits per heavy atom. The van der Waals surface area contributed by atoms with Crippen molar-refractivity contribution < 1.29 is 22.7 Å². The zero-order chi connectivity index (χ0) is 14.8. The van der Waals surface area contributed by atoms with Crippen LogP contribution < -0.4 is 5.32 Å². The Morgan fingerprint density at radius 3 is 2.65 bits per heavy atom. The van der Waals surface area contributed by atoms with Gasteiger partial charge in [-0.2, -0.15) is 13.2 Å². The maximum Gasteiger partial charge on any atom is 0.416 e. The molecule has 2 rings (SSSR count). The van der Waals surface area contributed by atoms with Crippen LogP contribution in [0.4, 0.5) is 13.2 Å². The highest BCUT2D eigenvalue weighted by Crippen LogP contribution is 2.29. The number of nitrogens with one attached hydrogen (secondary N) is 1. The quantitative estimate of drug-likeness (QED) is 0.923. The highest BCUT2D eigenvalue weighted by atomic mass is 19.4. The molecule has 1 aliphatic rings. The number of ether oxygens (including phenoxy) is 1. The third-order valence-electron chi connectivity index (χ3n) is 3.23. The van der Waals surface area contributed by atoms with Crippen molar-refractivity contribution in [2.75, 3.05) is 19.8 Å². The lowest BCUT2D eigenvalue weighted by Gasteiger charge is -2.38. The fourth-order valence-electron chi connectivity index (χ4n) is 1.97. The van der Waals surface area contributed by atoms with E-state index in [2.05, 4.69) is 5.32 Å². The fraction of sp³-hybridized carbons (Fsp3) is 0.500. The first kappa shape index (κ1) is 14.8. The van der Waals surface area contributed by atoms with Crippen LogP contribution in [0.2, 0.25) is 0 Å². The molecule has 1 amide bonds. The number of carbonyl (C=O) groups excluding carboxylic acids is 1. The Hall–Kier alpha value is -1.56. The molecule has 20 heavy (non-hydrogen) atoms. The molecule has 3 nitrogen and oxygen atoms in total. The van der Waals surface area contributed by atoms with E-state index in [1.807, 2.05) is 6.92 Å². The Morgan fingerprint density at radius 2 is 2.10 bits per heavy atom. The first-order chi connectivity index (χ1) is 9.28. The van der Waals surface area contributed by atoms with Crippen molar-refractivity contribution in [3.63, 3.8) is 0 Å². The van der Waals surface area contributed by atoms with Crippen LogP contribution in [0.5, 0.6) is 0 Å². The third-order valence-corrected chi connectivity index (χ3v) is 3.23. The van der Waals surface area contributed by atoms with E-state index in [9.17, 15) is 18.0 Å². The number of amides is 1. The van der Waals surface area contributed by atoms with Gasteiger partial charge < -0.3 is 10.1 Å². The van der Waals surface area contributed by atoms with Crippen molar-refractivity contribution in [3.8, 4) is 0 Å². The van der Waals surface area contributed by atoms with Gasteiger partial charge in [0.15, 0.2) is 0 Å². The average molecular weight is 287 g/mol. The molecule has 1 aromatic carbocycles.